The maximum absolute atomic E-state index is 13.9. The molecule has 1 saturated carbocycles. The summed E-state index contributed by atoms with van der Waals surface area (Å²) in [6, 6.07) is 5.02. The molecule has 0 N–H and O–H groups in total. The van der Waals surface area contributed by atoms with Gasteiger partial charge in [-0.05, 0) is 38.3 Å². The maximum atomic E-state index is 13.9. The van der Waals surface area contributed by atoms with Crippen LogP contribution >= 0.6 is 0 Å². The van der Waals surface area contributed by atoms with E-state index in [2.05, 4.69) is 0 Å². The molecule has 1 aliphatic heterocycles. The number of ether oxygens (including phenoxy) is 1. The number of rotatable bonds is 4. The Bertz CT molecular complexity index is 507. The third kappa shape index (κ3) is 2.85. The van der Waals surface area contributed by atoms with Crippen LogP contribution in [0.5, 0.6) is 0 Å². The van der Waals surface area contributed by atoms with Crippen molar-refractivity contribution in [3.8, 4) is 0 Å². The fraction of sp³-hybridized carbons (Fsp3) is 0.562. The molecule has 1 atom stereocenters. The summed E-state index contributed by atoms with van der Waals surface area (Å²) in [5, 5.41) is 0. The molecule has 0 aromatic heterocycles. The first-order chi connectivity index (χ1) is 9.65. The Labute approximate surface area is 118 Å². The highest BCUT2D eigenvalue weighted by atomic mass is 19.1. The molecule has 1 saturated heterocycles. The highest BCUT2D eigenvalue weighted by molar-refractivity contribution is 5.95. The Morgan fingerprint density at radius 2 is 2.20 bits per heavy atom. The van der Waals surface area contributed by atoms with Crippen molar-refractivity contribution >= 4 is 5.91 Å². The van der Waals surface area contributed by atoms with Crippen LogP contribution in [0.2, 0.25) is 0 Å². The minimum absolute atomic E-state index is 0.166. The lowest BCUT2D eigenvalue weighted by Crippen LogP contribution is -2.38. The van der Waals surface area contributed by atoms with E-state index in [9.17, 15) is 9.18 Å². The second-order valence-electron chi connectivity index (χ2n) is 5.90. The van der Waals surface area contributed by atoms with Gasteiger partial charge in [-0.2, -0.15) is 0 Å². The molecule has 1 aliphatic carbocycles. The second-order valence-corrected chi connectivity index (χ2v) is 5.90. The molecule has 2 fully saturated rings. The van der Waals surface area contributed by atoms with Crippen molar-refractivity contribution in [1.82, 2.24) is 4.90 Å². The highest BCUT2D eigenvalue weighted by Gasteiger charge is 2.36. The van der Waals surface area contributed by atoms with E-state index in [1.165, 1.54) is 6.07 Å². The summed E-state index contributed by atoms with van der Waals surface area (Å²) in [6.07, 6.45) is 3.06. The number of benzene rings is 1. The fourth-order valence-electron chi connectivity index (χ4n) is 2.75. The molecule has 0 spiro atoms. The lowest BCUT2D eigenvalue weighted by atomic mass is 10.1. The zero-order chi connectivity index (χ0) is 14.1. The third-order valence-electron chi connectivity index (χ3n) is 4.08. The zero-order valence-corrected chi connectivity index (χ0v) is 11.8. The standard InChI is InChI=1S/C16H20FNO2/c1-11-2-5-15(17)14(8-11)16(19)18(13-3-4-13)9-12-6-7-20-10-12/h2,5,8,12-13H,3-4,6-7,9-10H2,1H3. The molecule has 3 rings (SSSR count). The van der Waals surface area contributed by atoms with E-state index < -0.39 is 5.82 Å². The number of hydrogen-bond donors (Lipinski definition) is 0. The van der Waals surface area contributed by atoms with Gasteiger partial charge < -0.3 is 9.64 Å². The number of hydrogen-bond acceptors (Lipinski definition) is 2. The van der Waals surface area contributed by atoms with Crippen LogP contribution in [0.15, 0.2) is 18.2 Å². The van der Waals surface area contributed by atoms with E-state index in [1.54, 1.807) is 12.1 Å². The fourth-order valence-corrected chi connectivity index (χ4v) is 2.75. The Morgan fingerprint density at radius 3 is 2.85 bits per heavy atom. The van der Waals surface area contributed by atoms with Gasteiger partial charge in [0.1, 0.15) is 5.82 Å². The monoisotopic (exact) mass is 277 g/mol. The van der Waals surface area contributed by atoms with Crippen LogP contribution in [0.4, 0.5) is 4.39 Å². The first-order valence-corrected chi connectivity index (χ1v) is 7.30. The molecular weight excluding hydrogens is 257 g/mol. The van der Waals surface area contributed by atoms with Gasteiger partial charge in [-0.1, -0.05) is 11.6 Å². The van der Waals surface area contributed by atoms with E-state index in [0.717, 1.165) is 31.4 Å². The van der Waals surface area contributed by atoms with Crippen LogP contribution in [0.3, 0.4) is 0 Å². The molecular formula is C16H20FNO2. The largest absolute Gasteiger partial charge is 0.381 e. The van der Waals surface area contributed by atoms with Gasteiger partial charge in [-0.15, -0.1) is 0 Å². The maximum Gasteiger partial charge on any atom is 0.257 e. The number of amides is 1. The zero-order valence-electron chi connectivity index (χ0n) is 11.8. The normalized spacial score (nSPS) is 22.0. The van der Waals surface area contributed by atoms with Gasteiger partial charge in [0, 0.05) is 25.1 Å². The first kappa shape index (κ1) is 13.6. The van der Waals surface area contributed by atoms with E-state index >= 15 is 0 Å². The number of nitrogens with zero attached hydrogens (tertiary/aromatic N) is 1. The average molecular weight is 277 g/mol. The quantitative estimate of drug-likeness (QED) is 0.847. The molecule has 0 radical (unpaired) electrons. The van der Waals surface area contributed by atoms with Crippen molar-refractivity contribution in [3.05, 3.63) is 35.1 Å². The van der Waals surface area contributed by atoms with Gasteiger partial charge in [-0.3, -0.25) is 4.79 Å². The van der Waals surface area contributed by atoms with Crippen LogP contribution < -0.4 is 0 Å². The van der Waals surface area contributed by atoms with Crippen molar-refractivity contribution in [2.24, 2.45) is 5.92 Å². The van der Waals surface area contributed by atoms with Crippen molar-refractivity contribution < 1.29 is 13.9 Å². The third-order valence-corrected chi connectivity index (χ3v) is 4.08. The molecule has 0 bridgehead atoms. The molecule has 1 aromatic carbocycles. The van der Waals surface area contributed by atoms with E-state index in [-0.39, 0.29) is 11.5 Å². The van der Waals surface area contributed by atoms with Crippen LogP contribution in [-0.4, -0.2) is 36.6 Å². The van der Waals surface area contributed by atoms with Crippen LogP contribution in [0, 0.1) is 18.7 Å². The predicted octanol–water partition coefficient (Wildman–Crippen LogP) is 2.78. The molecule has 20 heavy (non-hydrogen) atoms. The summed E-state index contributed by atoms with van der Waals surface area (Å²) in [4.78, 5) is 14.5. The van der Waals surface area contributed by atoms with Crippen molar-refractivity contribution in [1.29, 1.82) is 0 Å². The number of halogens is 1. The number of carbonyl (C=O) groups excluding carboxylic acids is 1. The lowest BCUT2D eigenvalue weighted by Gasteiger charge is -2.25. The van der Waals surface area contributed by atoms with E-state index in [4.69, 9.17) is 4.74 Å². The van der Waals surface area contributed by atoms with Crippen LogP contribution in [-0.2, 0) is 4.74 Å². The average Bonchev–Trinajstić information content (AvgIpc) is 3.15. The lowest BCUT2D eigenvalue weighted by molar-refractivity contribution is 0.0701. The molecule has 2 aliphatic rings. The molecule has 1 aromatic rings. The van der Waals surface area contributed by atoms with Crippen molar-refractivity contribution in [2.75, 3.05) is 19.8 Å². The van der Waals surface area contributed by atoms with Gasteiger partial charge in [0.25, 0.3) is 5.91 Å². The summed E-state index contributed by atoms with van der Waals surface area (Å²) in [5.74, 6) is -0.193. The van der Waals surface area contributed by atoms with Gasteiger partial charge >= 0.3 is 0 Å². The molecule has 4 heteroatoms. The minimum atomic E-state index is -0.422. The summed E-state index contributed by atoms with van der Waals surface area (Å²) < 4.78 is 19.3. The Hall–Kier alpha value is -1.42. The Balaban J connectivity index is 1.79. The van der Waals surface area contributed by atoms with Crippen molar-refractivity contribution in [2.45, 2.75) is 32.2 Å². The van der Waals surface area contributed by atoms with Crippen molar-refractivity contribution in [3.63, 3.8) is 0 Å². The van der Waals surface area contributed by atoms with Gasteiger partial charge in [0.05, 0.1) is 12.2 Å². The van der Waals surface area contributed by atoms with Crippen LogP contribution in [0.25, 0.3) is 0 Å². The summed E-state index contributed by atoms with van der Waals surface area (Å²) in [6.45, 7) is 4.06. The topological polar surface area (TPSA) is 29.5 Å². The molecule has 1 amide bonds. The van der Waals surface area contributed by atoms with Gasteiger partial charge in [0.2, 0.25) is 0 Å². The summed E-state index contributed by atoms with van der Waals surface area (Å²) in [7, 11) is 0. The first-order valence-electron chi connectivity index (χ1n) is 7.30. The smallest absolute Gasteiger partial charge is 0.257 e. The SMILES string of the molecule is Cc1ccc(F)c(C(=O)N(CC2CCOC2)C2CC2)c1. The Morgan fingerprint density at radius 1 is 1.40 bits per heavy atom. The van der Waals surface area contributed by atoms with Gasteiger partial charge in [-0.25, -0.2) is 4.39 Å². The second kappa shape index (κ2) is 5.52. The van der Waals surface area contributed by atoms with Crippen LogP contribution in [0.1, 0.15) is 35.2 Å². The Kier molecular flexibility index (Phi) is 3.74. The predicted molar refractivity (Wildman–Crippen MR) is 74.1 cm³/mol. The molecule has 1 unspecified atom stereocenters. The van der Waals surface area contributed by atoms with Gasteiger partial charge in [0.15, 0.2) is 0 Å². The number of aryl methyl sites for hydroxylation is 1. The molecule has 108 valence electrons. The highest BCUT2D eigenvalue weighted by Crippen LogP contribution is 2.30. The van der Waals surface area contributed by atoms with E-state index in [1.807, 2.05) is 11.8 Å². The molecule has 1 heterocycles. The molecule has 3 nitrogen and oxygen atoms in total. The number of carbonyl (C=O) groups is 1. The summed E-state index contributed by atoms with van der Waals surface area (Å²) in [5.41, 5.74) is 1.12. The van der Waals surface area contributed by atoms with E-state index in [0.29, 0.717) is 25.1 Å². The minimum Gasteiger partial charge on any atom is -0.381 e. The summed E-state index contributed by atoms with van der Waals surface area (Å²) >= 11 is 0.